The summed E-state index contributed by atoms with van der Waals surface area (Å²) >= 11 is 0. The van der Waals surface area contributed by atoms with Crippen molar-refractivity contribution in [2.75, 3.05) is 18.4 Å². The molecule has 2 aromatic rings. The second-order valence-electron chi connectivity index (χ2n) is 5.57. The number of sulfonamides is 1. The third-order valence-corrected chi connectivity index (χ3v) is 5.95. The molecule has 0 heterocycles. The van der Waals surface area contributed by atoms with Crippen molar-refractivity contribution in [1.29, 1.82) is 0 Å². The number of carbonyl (C=O) groups is 2. The van der Waals surface area contributed by atoms with Gasteiger partial charge in [0.05, 0.1) is 16.1 Å². The summed E-state index contributed by atoms with van der Waals surface area (Å²) < 4.78 is 39.8. The van der Waals surface area contributed by atoms with E-state index in [1.54, 1.807) is 13.8 Å². The van der Waals surface area contributed by atoms with Crippen molar-refractivity contribution in [3.05, 3.63) is 59.4 Å². The van der Waals surface area contributed by atoms with Crippen LogP contribution in [0.25, 0.3) is 0 Å². The van der Waals surface area contributed by atoms with Crippen LogP contribution in [-0.4, -0.2) is 42.8 Å². The Kier molecular flexibility index (Phi) is 6.29. The Balaban J connectivity index is 2.37. The standard InChI is InChI=1S/C18H19FN2O5S/c1-3-21(4-2)27(25,26)14-7-5-6-12(10-14)17(22)20-16-11-13(19)8-9-15(16)18(23)24/h5-11H,3-4H2,1-2H3,(H,20,22)(H,23,24). The van der Waals surface area contributed by atoms with Crippen LogP contribution in [0, 0.1) is 5.82 Å². The van der Waals surface area contributed by atoms with Gasteiger partial charge in [-0.15, -0.1) is 0 Å². The molecule has 0 fully saturated rings. The molecule has 0 aliphatic heterocycles. The minimum absolute atomic E-state index is 0.00355. The lowest BCUT2D eigenvalue weighted by molar-refractivity contribution is 0.0698. The fourth-order valence-corrected chi connectivity index (χ4v) is 4.02. The highest BCUT2D eigenvalue weighted by molar-refractivity contribution is 7.89. The highest BCUT2D eigenvalue weighted by Crippen LogP contribution is 2.20. The fourth-order valence-electron chi connectivity index (χ4n) is 2.51. The molecule has 9 heteroatoms. The van der Waals surface area contributed by atoms with Crippen molar-refractivity contribution >= 4 is 27.6 Å². The summed E-state index contributed by atoms with van der Waals surface area (Å²) in [5, 5.41) is 11.5. The van der Waals surface area contributed by atoms with Gasteiger partial charge in [0.25, 0.3) is 5.91 Å². The molecule has 2 rings (SSSR count). The van der Waals surface area contributed by atoms with Crippen molar-refractivity contribution in [1.82, 2.24) is 4.31 Å². The maximum absolute atomic E-state index is 13.4. The van der Waals surface area contributed by atoms with Gasteiger partial charge in [0.15, 0.2) is 0 Å². The molecule has 0 aromatic heterocycles. The molecule has 0 spiro atoms. The maximum Gasteiger partial charge on any atom is 0.337 e. The van der Waals surface area contributed by atoms with E-state index < -0.39 is 27.7 Å². The fraction of sp³-hybridized carbons (Fsp3) is 0.222. The topological polar surface area (TPSA) is 104 Å². The molecule has 0 radical (unpaired) electrons. The first-order valence-corrected chi connectivity index (χ1v) is 9.59. The molecule has 0 atom stereocenters. The third kappa shape index (κ3) is 4.50. The molecule has 2 N–H and O–H groups in total. The molecule has 0 aliphatic rings. The summed E-state index contributed by atoms with van der Waals surface area (Å²) in [4.78, 5) is 23.6. The molecule has 0 aliphatic carbocycles. The van der Waals surface area contributed by atoms with Gasteiger partial charge < -0.3 is 10.4 Å². The van der Waals surface area contributed by atoms with Crippen LogP contribution in [0.4, 0.5) is 10.1 Å². The van der Waals surface area contributed by atoms with E-state index in [4.69, 9.17) is 5.11 Å². The Bertz CT molecular complexity index is 971. The molecule has 0 saturated heterocycles. The normalized spacial score (nSPS) is 11.4. The zero-order chi connectivity index (χ0) is 20.2. The van der Waals surface area contributed by atoms with E-state index in [-0.39, 0.29) is 34.8 Å². The summed E-state index contributed by atoms with van der Waals surface area (Å²) in [5.74, 6) is -2.80. The minimum Gasteiger partial charge on any atom is -0.478 e. The van der Waals surface area contributed by atoms with Crippen LogP contribution in [0.5, 0.6) is 0 Å². The number of halogens is 1. The van der Waals surface area contributed by atoms with E-state index in [2.05, 4.69) is 5.32 Å². The van der Waals surface area contributed by atoms with Crippen LogP contribution in [0.2, 0.25) is 0 Å². The van der Waals surface area contributed by atoms with Crippen LogP contribution in [0.1, 0.15) is 34.6 Å². The second kappa shape index (κ2) is 8.28. The van der Waals surface area contributed by atoms with Crippen molar-refractivity contribution < 1.29 is 27.5 Å². The Morgan fingerprint density at radius 3 is 2.37 bits per heavy atom. The highest BCUT2D eigenvalue weighted by Gasteiger charge is 2.23. The largest absolute Gasteiger partial charge is 0.478 e. The summed E-state index contributed by atoms with van der Waals surface area (Å²) in [6.07, 6.45) is 0. The lowest BCUT2D eigenvalue weighted by Crippen LogP contribution is -2.30. The Morgan fingerprint density at radius 2 is 1.78 bits per heavy atom. The van der Waals surface area contributed by atoms with Gasteiger partial charge in [-0.3, -0.25) is 4.79 Å². The summed E-state index contributed by atoms with van der Waals surface area (Å²) in [6.45, 7) is 3.96. The minimum atomic E-state index is -3.76. The zero-order valence-corrected chi connectivity index (χ0v) is 15.6. The van der Waals surface area contributed by atoms with Gasteiger partial charge >= 0.3 is 5.97 Å². The molecule has 144 valence electrons. The van der Waals surface area contributed by atoms with Crippen LogP contribution in [0.3, 0.4) is 0 Å². The number of hydrogen-bond acceptors (Lipinski definition) is 4. The summed E-state index contributed by atoms with van der Waals surface area (Å²) in [5.41, 5.74) is -0.495. The molecule has 0 bridgehead atoms. The van der Waals surface area contributed by atoms with Crippen LogP contribution in [0.15, 0.2) is 47.4 Å². The van der Waals surface area contributed by atoms with Crippen molar-refractivity contribution in [2.24, 2.45) is 0 Å². The van der Waals surface area contributed by atoms with Gasteiger partial charge in [-0.1, -0.05) is 19.9 Å². The molecule has 0 unspecified atom stereocenters. The lowest BCUT2D eigenvalue weighted by atomic mass is 10.1. The van der Waals surface area contributed by atoms with E-state index in [9.17, 15) is 22.4 Å². The second-order valence-corrected chi connectivity index (χ2v) is 7.50. The number of aromatic carboxylic acids is 1. The van der Waals surface area contributed by atoms with E-state index in [1.165, 1.54) is 28.6 Å². The monoisotopic (exact) mass is 394 g/mol. The molecule has 7 nitrogen and oxygen atoms in total. The van der Waals surface area contributed by atoms with E-state index >= 15 is 0 Å². The summed E-state index contributed by atoms with van der Waals surface area (Å²) in [6, 6.07) is 8.26. The molecule has 27 heavy (non-hydrogen) atoms. The number of nitrogens with one attached hydrogen (secondary N) is 1. The first-order valence-electron chi connectivity index (χ1n) is 8.15. The van der Waals surface area contributed by atoms with Crippen LogP contribution >= 0.6 is 0 Å². The van der Waals surface area contributed by atoms with Gasteiger partial charge in [-0.2, -0.15) is 4.31 Å². The average Bonchev–Trinajstić information content (AvgIpc) is 2.62. The highest BCUT2D eigenvalue weighted by atomic mass is 32.2. The zero-order valence-electron chi connectivity index (χ0n) is 14.8. The number of anilines is 1. The van der Waals surface area contributed by atoms with Gasteiger partial charge in [0.1, 0.15) is 5.82 Å². The third-order valence-electron chi connectivity index (χ3n) is 3.90. The van der Waals surface area contributed by atoms with Gasteiger partial charge in [0, 0.05) is 18.7 Å². The average molecular weight is 394 g/mol. The number of carboxylic acids is 1. The van der Waals surface area contributed by atoms with Gasteiger partial charge in [-0.25, -0.2) is 17.6 Å². The molecular formula is C18H19FN2O5S. The number of benzene rings is 2. The van der Waals surface area contributed by atoms with Gasteiger partial charge in [0.2, 0.25) is 10.0 Å². The summed E-state index contributed by atoms with van der Waals surface area (Å²) in [7, 11) is -3.76. The Hall–Kier alpha value is -2.78. The first-order chi connectivity index (χ1) is 12.7. The van der Waals surface area contributed by atoms with E-state index in [0.29, 0.717) is 0 Å². The maximum atomic E-state index is 13.4. The Morgan fingerprint density at radius 1 is 1.11 bits per heavy atom. The number of amides is 1. The van der Waals surface area contributed by atoms with E-state index in [0.717, 1.165) is 18.2 Å². The number of carboxylic acid groups (broad SMARTS) is 1. The number of nitrogens with zero attached hydrogens (tertiary/aromatic N) is 1. The van der Waals surface area contributed by atoms with E-state index in [1.807, 2.05) is 0 Å². The predicted octanol–water partition coefficient (Wildman–Crippen LogP) is 2.81. The van der Waals surface area contributed by atoms with Crippen molar-refractivity contribution in [3.8, 4) is 0 Å². The molecule has 2 aromatic carbocycles. The van der Waals surface area contributed by atoms with Crippen LogP contribution in [-0.2, 0) is 10.0 Å². The molecule has 0 saturated carbocycles. The number of carbonyl (C=O) groups excluding carboxylic acids is 1. The molecular weight excluding hydrogens is 375 g/mol. The lowest BCUT2D eigenvalue weighted by Gasteiger charge is -2.18. The van der Waals surface area contributed by atoms with Crippen LogP contribution < -0.4 is 5.32 Å². The quantitative estimate of drug-likeness (QED) is 0.752. The van der Waals surface area contributed by atoms with Crippen molar-refractivity contribution in [3.63, 3.8) is 0 Å². The predicted molar refractivity (Wildman–Crippen MR) is 97.9 cm³/mol. The van der Waals surface area contributed by atoms with Gasteiger partial charge in [-0.05, 0) is 36.4 Å². The molecule has 1 amide bonds. The smallest absolute Gasteiger partial charge is 0.337 e. The first kappa shape index (κ1) is 20.5. The van der Waals surface area contributed by atoms with Crippen molar-refractivity contribution in [2.45, 2.75) is 18.7 Å². The number of hydrogen-bond donors (Lipinski definition) is 2. The SMILES string of the molecule is CCN(CC)S(=O)(=O)c1cccc(C(=O)Nc2cc(F)ccc2C(=O)O)c1. The Labute approximate surface area is 156 Å². The number of rotatable bonds is 7.